The summed E-state index contributed by atoms with van der Waals surface area (Å²) in [6.07, 6.45) is -0.230. The Morgan fingerprint density at radius 3 is 2.83 bits per heavy atom. The van der Waals surface area contributed by atoms with Gasteiger partial charge in [0.2, 0.25) is 0 Å². The van der Waals surface area contributed by atoms with Crippen LogP contribution in [-0.4, -0.2) is 12.2 Å². The fourth-order valence-electron chi connectivity index (χ4n) is 1.72. The van der Waals surface area contributed by atoms with E-state index < -0.39 is 6.10 Å². The van der Waals surface area contributed by atoms with E-state index in [9.17, 15) is 5.11 Å². The van der Waals surface area contributed by atoms with Gasteiger partial charge >= 0.3 is 0 Å². The summed E-state index contributed by atoms with van der Waals surface area (Å²) < 4.78 is 5.19. The van der Waals surface area contributed by atoms with Crippen LogP contribution in [0.2, 0.25) is 10.0 Å². The first-order chi connectivity index (χ1) is 8.61. The minimum Gasteiger partial charge on any atom is -0.495 e. The van der Waals surface area contributed by atoms with Crippen molar-refractivity contribution >= 4 is 34.5 Å². The van der Waals surface area contributed by atoms with Crippen LogP contribution in [0.25, 0.3) is 0 Å². The lowest BCUT2D eigenvalue weighted by atomic mass is 10.1. The molecule has 0 aliphatic carbocycles. The molecule has 1 atom stereocenters. The molecule has 2 aromatic rings. The van der Waals surface area contributed by atoms with Crippen LogP contribution < -0.4 is 4.74 Å². The van der Waals surface area contributed by atoms with E-state index in [0.29, 0.717) is 22.2 Å². The lowest BCUT2D eigenvalue weighted by Gasteiger charge is -2.12. The Morgan fingerprint density at radius 1 is 1.33 bits per heavy atom. The average molecular weight is 303 g/mol. The maximum Gasteiger partial charge on any atom is 0.135 e. The van der Waals surface area contributed by atoms with Gasteiger partial charge in [0.05, 0.1) is 18.1 Å². The zero-order valence-electron chi connectivity index (χ0n) is 9.69. The predicted molar refractivity (Wildman–Crippen MR) is 76.0 cm³/mol. The summed E-state index contributed by atoms with van der Waals surface area (Å²) in [6, 6.07) is 7.07. The minimum atomic E-state index is -0.643. The average Bonchev–Trinajstić information content (AvgIpc) is 2.82. The topological polar surface area (TPSA) is 29.5 Å². The van der Waals surface area contributed by atoms with Gasteiger partial charge in [0.25, 0.3) is 0 Å². The van der Waals surface area contributed by atoms with Crippen molar-refractivity contribution < 1.29 is 9.84 Å². The highest BCUT2D eigenvalue weighted by Crippen LogP contribution is 2.34. The zero-order chi connectivity index (χ0) is 13.1. The van der Waals surface area contributed by atoms with Crippen LogP contribution in [0.4, 0.5) is 0 Å². The molecule has 1 aromatic heterocycles. The van der Waals surface area contributed by atoms with Crippen LogP contribution >= 0.6 is 34.5 Å². The monoisotopic (exact) mass is 302 g/mol. The van der Waals surface area contributed by atoms with Crippen molar-refractivity contribution in [3.05, 3.63) is 50.1 Å². The summed E-state index contributed by atoms with van der Waals surface area (Å²) in [7, 11) is 1.59. The summed E-state index contributed by atoms with van der Waals surface area (Å²) in [6.45, 7) is 0. The number of halogens is 2. The van der Waals surface area contributed by atoms with Gasteiger partial charge < -0.3 is 9.84 Å². The van der Waals surface area contributed by atoms with Crippen molar-refractivity contribution in [3.8, 4) is 5.75 Å². The molecule has 2 nitrogen and oxygen atoms in total. The second-order valence-corrected chi connectivity index (χ2v) is 5.60. The van der Waals surface area contributed by atoms with Crippen LogP contribution in [0.5, 0.6) is 5.75 Å². The Morgan fingerprint density at radius 2 is 2.11 bits per heavy atom. The first kappa shape index (κ1) is 13.7. The molecule has 5 heteroatoms. The van der Waals surface area contributed by atoms with E-state index in [0.717, 1.165) is 10.4 Å². The van der Waals surface area contributed by atoms with E-state index in [1.54, 1.807) is 25.3 Å². The Bertz CT molecular complexity index is 540. The fraction of sp³-hybridized carbons (Fsp3) is 0.231. The number of hydrogen-bond acceptors (Lipinski definition) is 3. The lowest BCUT2D eigenvalue weighted by Crippen LogP contribution is -2.02. The largest absolute Gasteiger partial charge is 0.495 e. The summed E-state index contributed by atoms with van der Waals surface area (Å²) in [4.78, 5) is 0.800. The fourth-order valence-corrected chi connectivity index (χ4v) is 2.96. The van der Waals surface area contributed by atoms with Crippen LogP contribution in [0, 0.1) is 0 Å². The van der Waals surface area contributed by atoms with Crippen LogP contribution in [-0.2, 0) is 6.42 Å². The van der Waals surface area contributed by atoms with Crippen LogP contribution in [0.3, 0.4) is 0 Å². The minimum absolute atomic E-state index is 0.413. The molecule has 1 heterocycles. The molecule has 1 aromatic carbocycles. The third-order valence-corrected chi connectivity index (χ3v) is 4.20. The van der Waals surface area contributed by atoms with E-state index in [-0.39, 0.29) is 0 Å². The van der Waals surface area contributed by atoms with Crippen molar-refractivity contribution in [3.63, 3.8) is 0 Å². The van der Waals surface area contributed by atoms with Gasteiger partial charge in [-0.25, -0.2) is 0 Å². The van der Waals surface area contributed by atoms with Crippen molar-refractivity contribution in [2.45, 2.75) is 12.5 Å². The molecule has 1 unspecified atom stereocenters. The molecule has 0 saturated heterocycles. The zero-order valence-corrected chi connectivity index (χ0v) is 12.0. The Balaban J connectivity index is 2.21. The number of benzene rings is 1. The highest BCUT2D eigenvalue weighted by Gasteiger charge is 2.16. The van der Waals surface area contributed by atoms with Gasteiger partial charge in [0.15, 0.2) is 0 Å². The van der Waals surface area contributed by atoms with Crippen LogP contribution in [0.1, 0.15) is 16.5 Å². The summed E-state index contributed by atoms with van der Waals surface area (Å²) in [5.74, 6) is 0.700. The molecule has 0 spiro atoms. The highest BCUT2D eigenvalue weighted by molar-refractivity contribution is 7.10. The molecule has 96 valence electrons. The third kappa shape index (κ3) is 2.98. The van der Waals surface area contributed by atoms with Gasteiger partial charge in [0.1, 0.15) is 5.75 Å². The first-order valence-electron chi connectivity index (χ1n) is 5.35. The second kappa shape index (κ2) is 5.93. The number of ether oxygens (including phenoxy) is 1. The Kier molecular flexibility index (Phi) is 4.51. The lowest BCUT2D eigenvalue weighted by molar-refractivity contribution is 0.178. The molecule has 2 rings (SSSR count). The molecule has 0 saturated carbocycles. The predicted octanol–water partition coefficient (Wildman–Crippen LogP) is 4.34. The van der Waals surface area contributed by atoms with Crippen molar-refractivity contribution in [2.75, 3.05) is 7.11 Å². The van der Waals surface area contributed by atoms with Gasteiger partial charge in [-0.05, 0) is 35.2 Å². The van der Waals surface area contributed by atoms with Gasteiger partial charge in [-0.3, -0.25) is 0 Å². The molecular weight excluding hydrogens is 291 g/mol. The number of aliphatic hydroxyl groups is 1. The molecule has 0 radical (unpaired) electrons. The Hall–Kier alpha value is -0.740. The standard InChI is InChI=1S/C13H12Cl2O2S/c1-17-12-4-5-18-13(12)11(16)7-8-6-9(14)2-3-10(8)15/h2-6,11,16H,7H2,1H3. The van der Waals surface area contributed by atoms with Crippen molar-refractivity contribution in [2.24, 2.45) is 0 Å². The Labute approximate surface area is 120 Å². The maximum atomic E-state index is 10.2. The smallest absolute Gasteiger partial charge is 0.135 e. The van der Waals surface area contributed by atoms with E-state index in [2.05, 4.69) is 0 Å². The number of aliphatic hydroxyl groups excluding tert-OH is 1. The van der Waals surface area contributed by atoms with Gasteiger partial charge in [-0.1, -0.05) is 23.2 Å². The first-order valence-corrected chi connectivity index (χ1v) is 6.98. The number of hydrogen-bond donors (Lipinski definition) is 1. The molecule has 0 aliphatic rings. The van der Waals surface area contributed by atoms with E-state index in [1.807, 2.05) is 11.4 Å². The van der Waals surface area contributed by atoms with Gasteiger partial charge in [0, 0.05) is 16.5 Å². The molecule has 0 aliphatic heterocycles. The molecule has 0 bridgehead atoms. The quantitative estimate of drug-likeness (QED) is 0.910. The van der Waals surface area contributed by atoms with E-state index in [4.69, 9.17) is 27.9 Å². The number of thiophene rings is 1. The molecular formula is C13H12Cl2O2S. The van der Waals surface area contributed by atoms with Gasteiger partial charge in [-0.15, -0.1) is 11.3 Å². The SMILES string of the molecule is COc1ccsc1C(O)Cc1cc(Cl)ccc1Cl. The number of methoxy groups -OCH3 is 1. The van der Waals surface area contributed by atoms with Crippen LogP contribution in [0.15, 0.2) is 29.6 Å². The molecule has 0 amide bonds. The highest BCUT2D eigenvalue weighted by atomic mass is 35.5. The van der Waals surface area contributed by atoms with Gasteiger partial charge in [-0.2, -0.15) is 0 Å². The molecule has 18 heavy (non-hydrogen) atoms. The normalized spacial score (nSPS) is 12.4. The summed E-state index contributed by atoms with van der Waals surface area (Å²) in [5, 5.41) is 13.3. The number of rotatable bonds is 4. The van der Waals surface area contributed by atoms with Crippen molar-refractivity contribution in [1.29, 1.82) is 0 Å². The summed E-state index contributed by atoms with van der Waals surface area (Å²) in [5.41, 5.74) is 0.826. The molecule has 1 N–H and O–H groups in total. The van der Waals surface area contributed by atoms with E-state index in [1.165, 1.54) is 11.3 Å². The third-order valence-electron chi connectivity index (χ3n) is 2.60. The molecule has 0 fully saturated rings. The second-order valence-electron chi connectivity index (χ2n) is 3.81. The van der Waals surface area contributed by atoms with Crippen molar-refractivity contribution in [1.82, 2.24) is 0 Å². The van der Waals surface area contributed by atoms with E-state index >= 15 is 0 Å². The maximum absolute atomic E-state index is 10.2. The summed E-state index contributed by atoms with van der Waals surface area (Å²) >= 11 is 13.5.